The van der Waals surface area contributed by atoms with Crippen molar-refractivity contribution in [2.24, 2.45) is 0 Å². The fraction of sp³-hybridized carbons (Fsp3) is 0.214. The second kappa shape index (κ2) is 9.94. The van der Waals surface area contributed by atoms with Crippen LogP contribution in [0, 0.1) is 0 Å². The molecule has 1 aliphatic heterocycles. The van der Waals surface area contributed by atoms with Crippen LogP contribution in [-0.4, -0.2) is 55.2 Å². The van der Waals surface area contributed by atoms with E-state index < -0.39 is 0 Å². The number of aromatic nitrogens is 1. The van der Waals surface area contributed by atoms with Gasteiger partial charge in [0.15, 0.2) is 0 Å². The number of pyridine rings is 1. The third-order valence-corrected chi connectivity index (χ3v) is 6.07. The Bertz CT molecular complexity index is 1230. The number of fused-ring (bicyclic) bond motifs is 1. The molecule has 1 aromatic heterocycles. The third kappa shape index (κ3) is 4.95. The fourth-order valence-electron chi connectivity index (χ4n) is 4.22. The molecule has 2 heterocycles. The van der Waals surface area contributed by atoms with E-state index in [0.717, 1.165) is 60.6 Å². The molecular weight excluding hydrogens is 410 g/mol. The Morgan fingerprint density at radius 2 is 1.52 bits per heavy atom. The molecule has 0 radical (unpaired) electrons. The van der Waals surface area contributed by atoms with Crippen molar-refractivity contribution < 1.29 is 9.53 Å². The van der Waals surface area contributed by atoms with E-state index in [1.54, 1.807) is 0 Å². The highest BCUT2D eigenvalue weighted by molar-refractivity contribution is 6.07. The van der Waals surface area contributed by atoms with Crippen LogP contribution in [-0.2, 0) is 4.74 Å². The molecule has 5 heteroatoms. The van der Waals surface area contributed by atoms with Gasteiger partial charge < -0.3 is 10.1 Å². The zero-order chi connectivity index (χ0) is 22.5. The predicted octanol–water partition coefficient (Wildman–Crippen LogP) is 4.63. The molecule has 1 saturated heterocycles. The summed E-state index contributed by atoms with van der Waals surface area (Å²) >= 11 is 0. The number of morpholine rings is 1. The molecule has 4 aromatic rings. The van der Waals surface area contributed by atoms with Crippen molar-refractivity contribution in [1.29, 1.82) is 0 Å². The number of carbonyl (C=O) groups excluding carboxylic acids is 1. The Hall–Kier alpha value is -3.54. The van der Waals surface area contributed by atoms with Crippen LogP contribution in [0.3, 0.4) is 0 Å². The molecule has 1 amide bonds. The molecule has 0 unspecified atom stereocenters. The number of carbonyl (C=O) groups is 1. The highest BCUT2D eigenvalue weighted by Crippen LogP contribution is 2.27. The highest BCUT2D eigenvalue weighted by Gasteiger charge is 2.15. The number of benzene rings is 3. The number of nitrogens with one attached hydrogen (secondary N) is 1. The summed E-state index contributed by atoms with van der Waals surface area (Å²) in [6.07, 6.45) is 0. The van der Waals surface area contributed by atoms with E-state index in [0.29, 0.717) is 12.1 Å². The van der Waals surface area contributed by atoms with Crippen LogP contribution in [0.2, 0.25) is 0 Å². The van der Waals surface area contributed by atoms with Crippen LogP contribution in [0.25, 0.3) is 33.3 Å². The van der Waals surface area contributed by atoms with Crippen LogP contribution in [0.1, 0.15) is 10.4 Å². The summed E-state index contributed by atoms with van der Waals surface area (Å²) in [5.74, 6) is -0.0657. The van der Waals surface area contributed by atoms with Gasteiger partial charge in [-0.25, -0.2) is 4.98 Å². The number of rotatable bonds is 6. The van der Waals surface area contributed by atoms with Crippen LogP contribution >= 0.6 is 0 Å². The summed E-state index contributed by atoms with van der Waals surface area (Å²) in [4.78, 5) is 20.3. The molecule has 0 spiro atoms. The summed E-state index contributed by atoms with van der Waals surface area (Å²) in [5.41, 5.74) is 5.59. The molecule has 0 aliphatic carbocycles. The number of nitrogens with zero attached hydrogens (tertiary/aromatic N) is 2. The molecule has 33 heavy (non-hydrogen) atoms. The van der Waals surface area contributed by atoms with E-state index in [1.165, 1.54) is 5.56 Å². The molecule has 0 atom stereocenters. The normalized spacial score (nSPS) is 14.3. The van der Waals surface area contributed by atoms with Gasteiger partial charge in [0.05, 0.1) is 30.0 Å². The van der Waals surface area contributed by atoms with Crippen molar-refractivity contribution in [2.75, 3.05) is 39.4 Å². The van der Waals surface area contributed by atoms with E-state index in [1.807, 2.05) is 48.5 Å². The van der Waals surface area contributed by atoms with Gasteiger partial charge >= 0.3 is 0 Å². The Morgan fingerprint density at radius 1 is 0.848 bits per heavy atom. The second-order valence-electron chi connectivity index (χ2n) is 8.23. The van der Waals surface area contributed by atoms with E-state index in [9.17, 15) is 4.79 Å². The first-order valence-corrected chi connectivity index (χ1v) is 11.4. The van der Waals surface area contributed by atoms with Gasteiger partial charge in [0.1, 0.15) is 0 Å². The Balaban J connectivity index is 1.39. The highest BCUT2D eigenvalue weighted by atomic mass is 16.5. The van der Waals surface area contributed by atoms with E-state index in [4.69, 9.17) is 9.72 Å². The monoisotopic (exact) mass is 437 g/mol. The topological polar surface area (TPSA) is 54.5 Å². The first kappa shape index (κ1) is 21.3. The van der Waals surface area contributed by atoms with Crippen molar-refractivity contribution in [2.45, 2.75) is 0 Å². The standard InChI is InChI=1S/C28H27N3O2/c32-28(29-14-15-31-16-18-33-19-17-31)25-20-27(30-26-9-5-4-8-24(25)26)23-12-10-22(11-13-23)21-6-2-1-3-7-21/h1-13,20H,14-19H2,(H,29,32). The Morgan fingerprint density at radius 3 is 2.30 bits per heavy atom. The van der Waals surface area contributed by atoms with Crippen LogP contribution in [0.15, 0.2) is 84.9 Å². The average Bonchev–Trinajstić information content (AvgIpc) is 2.89. The molecule has 3 aromatic carbocycles. The molecule has 0 bridgehead atoms. The maximum absolute atomic E-state index is 13.1. The maximum Gasteiger partial charge on any atom is 0.252 e. The number of hydrogen-bond donors (Lipinski definition) is 1. The molecule has 1 N–H and O–H groups in total. The quantitative estimate of drug-likeness (QED) is 0.478. The van der Waals surface area contributed by atoms with Crippen LogP contribution in [0.5, 0.6) is 0 Å². The van der Waals surface area contributed by atoms with Crippen molar-refractivity contribution in [3.05, 3.63) is 90.5 Å². The minimum absolute atomic E-state index is 0.0657. The SMILES string of the molecule is O=C(NCCN1CCOCC1)c1cc(-c2ccc(-c3ccccc3)cc2)nc2ccccc12. The first-order valence-electron chi connectivity index (χ1n) is 11.4. The third-order valence-electron chi connectivity index (χ3n) is 6.07. The average molecular weight is 438 g/mol. The first-order chi connectivity index (χ1) is 16.3. The molecule has 1 aliphatic rings. The van der Waals surface area contributed by atoms with Crippen LogP contribution < -0.4 is 5.32 Å². The van der Waals surface area contributed by atoms with E-state index in [2.05, 4.69) is 46.6 Å². The molecule has 166 valence electrons. The van der Waals surface area contributed by atoms with Gasteiger partial charge in [0.25, 0.3) is 5.91 Å². The van der Waals surface area contributed by atoms with Gasteiger partial charge in [-0.05, 0) is 23.3 Å². The minimum atomic E-state index is -0.0657. The summed E-state index contributed by atoms with van der Waals surface area (Å²) in [6, 6.07) is 28.4. The van der Waals surface area contributed by atoms with Gasteiger partial charge in [-0.3, -0.25) is 9.69 Å². The van der Waals surface area contributed by atoms with Gasteiger partial charge in [0, 0.05) is 37.1 Å². The Kier molecular flexibility index (Phi) is 6.42. The smallest absolute Gasteiger partial charge is 0.252 e. The summed E-state index contributed by atoms with van der Waals surface area (Å²) in [6.45, 7) is 4.78. The van der Waals surface area contributed by atoms with Crippen LogP contribution in [0.4, 0.5) is 0 Å². The number of ether oxygens (including phenoxy) is 1. The number of amides is 1. The van der Waals surface area contributed by atoms with Gasteiger partial charge in [0.2, 0.25) is 0 Å². The second-order valence-corrected chi connectivity index (χ2v) is 8.23. The number of para-hydroxylation sites is 1. The van der Waals surface area contributed by atoms with Gasteiger partial charge in [-0.15, -0.1) is 0 Å². The summed E-state index contributed by atoms with van der Waals surface area (Å²) < 4.78 is 5.40. The van der Waals surface area contributed by atoms with Gasteiger partial charge in [-0.1, -0.05) is 72.8 Å². The molecule has 1 fully saturated rings. The Labute approximate surface area is 194 Å². The summed E-state index contributed by atoms with van der Waals surface area (Å²) in [5, 5.41) is 3.97. The minimum Gasteiger partial charge on any atom is -0.379 e. The lowest BCUT2D eigenvalue weighted by molar-refractivity contribution is 0.0383. The molecular formula is C28H27N3O2. The molecule has 5 rings (SSSR count). The maximum atomic E-state index is 13.1. The van der Waals surface area contributed by atoms with Crippen molar-refractivity contribution in [1.82, 2.24) is 15.2 Å². The van der Waals surface area contributed by atoms with E-state index in [-0.39, 0.29) is 5.91 Å². The van der Waals surface area contributed by atoms with Gasteiger partial charge in [-0.2, -0.15) is 0 Å². The predicted molar refractivity (Wildman–Crippen MR) is 132 cm³/mol. The van der Waals surface area contributed by atoms with E-state index >= 15 is 0 Å². The van der Waals surface area contributed by atoms with Crippen molar-refractivity contribution >= 4 is 16.8 Å². The lowest BCUT2D eigenvalue weighted by Gasteiger charge is -2.26. The zero-order valence-electron chi connectivity index (χ0n) is 18.5. The summed E-state index contributed by atoms with van der Waals surface area (Å²) in [7, 11) is 0. The zero-order valence-corrected chi connectivity index (χ0v) is 18.5. The van der Waals surface area contributed by atoms with Crippen molar-refractivity contribution in [3.63, 3.8) is 0 Å². The lowest BCUT2D eigenvalue weighted by Crippen LogP contribution is -2.41. The molecule has 0 saturated carbocycles. The fourth-order valence-corrected chi connectivity index (χ4v) is 4.22. The number of hydrogen-bond acceptors (Lipinski definition) is 4. The van der Waals surface area contributed by atoms with Crippen molar-refractivity contribution in [3.8, 4) is 22.4 Å². The lowest BCUT2D eigenvalue weighted by atomic mass is 10.0. The molecule has 5 nitrogen and oxygen atoms in total. The largest absolute Gasteiger partial charge is 0.379 e.